The van der Waals surface area contributed by atoms with E-state index in [4.69, 9.17) is 4.74 Å². The zero-order valence-electron chi connectivity index (χ0n) is 11.0. The van der Waals surface area contributed by atoms with E-state index < -0.39 is 0 Å². The molecule has 2 nitrogen and oxygen atoms in total. The number of benzene rings is 2. The Balaban J connectivity index is 2.09. The number of carbonyl (C=O) groups is 1. The number of Topliss-reactive ketones (excluding diaryl/α,β-unsaturated/α-hetero) is 1. The summed E-state index contributed by atoms with van der Waals surface area (Å²) in [7, 11) is 1.60. The molecule has 0 bridgehead atoms. The van der Waals surface area contributed by atoms with Gasteiger partial charge < -0.3 is 4.74 Å². The second-order valence-corrected chi connectivity index (χ2v) is 5.03. The summed E-state index contributed by atoms with van der Waals surface area (Å²) in [5.74, 6) is 6.14. The Kier molecular flexibility index (Phi) is 4.97. The van der Waals surface area contributed by atoms with Crippen LogP contribution >= 0.6 is 15.9 Å². The third-order valence-corrected chi connectivity index (χ3v) is 3.50. The summed E-state index contributed by atoms with van der Waals surface area (Å²) in [6, 6.07) is 15.0. The summed E-state index contributed by atoms with van der Waals surface area (Å²) in [5.41, 5.74) is 1.71. The van der Waals surface area contributed by atoms with Crippen LogP contribution in [0.4, 0.5) is 0 Å². The number of rotatable bonds is 3. The molecule has 0 radical (unpaired) electrons. The van der Waals surface area contributed by atoms with Crippen LogP contribution in [-0.4, -0.2) is 12.9 Å². The summed E-state index contributed by atoms with van der Waals surface area (Å²) >= 11 is 3.42. The number of ether oxygens (including phenoxy) is 1. The summed E-state index contributed by atoms with van der Waals surface area (Å²) in [6.45, 7) is 0. The molecule has 0 saturated carbocycles. The van der Waals surface area contributed by atoms with Crippen molar-refractivity contribution in [2.75, 3.05) is 7.11 Å². The quantitative estimate of drug-likeness (QED) is 0.804. The van der Waals surface area contributed by atoms with Crippen molar-refractivity contribution >= 4 is 21.7 Å². The first-order valence-electron chi connectivity index (χ1n) is 6.11. The van der Waals surface area contributed by atoms with Crippen molar-refractivity contribution < 1.29 is 9.53 Å². The Bertz CT molecular complexity index is 681. The number of hydrogen-bond acceptors (Lipinski definition) is 2. The monoisotopic (exact) mass is 328 g/mol. The molecule has 2 rings (SSSR count). The number of halogens is 1. The molecule has 100 valence electrons. The van der Waals surface area contributed by atoms with E-state index in [0.717, 1.165) is 21.3 Å². The Hall–Kier alpha value is -2.05. The molecule has 0 unspecified atom stereocenters. The zero-order valence-corrected chi connectivity index (χ0v) is 12.6. The summed E-state index contributed by atoms with van der Waals surface area (Å²) in [5, 5.41) is 0. The van der Waals surface area contributed by atoms with Crippen molar-refractivity contribution in [2.24, 2.45) is 0 Å². The van der Waals surface area contributed by atoms with Gasteiger partial charge in [0.15, 0.2) is 0 Å². The van der Waals surface area contributed by atoms with E-state index in [0.29, 0.717) is 6.42 Å². The van der Waals surface area contributed by atoms with E-state index >= 15 is 0 Å². The van der Waals surface area contributed by atoms with Crippen LogP contribution in [-0.2, 0) is 11.2 Å². The highest BCUT2D eigenvalue weighted by atomic mass is 79.9. The second kappa shape index (κ2) is 6.93. The van der Waals surface area contributed by atoms with Gasteiger partial charge in [-0.05, 0) is 35.7 Å². The van der Waals surface area contributed by atoms with Crippen LogP contribution in [0.2, 0.25) is 0 Å². The van der Waals surface area contributed by atoms with Crippen LogP contribution in [0.5, 0.6) is 5.75 Å². The molecule has 0 amide bonds. The topological polar surface area (TPSA) is 26.3 Å². The van der Waals surface area contributed by atoms with Crippen molar-refractivity contribution in [3.63, 3.8) is 0 Å². The highest BCUT2D eigenvalue weighted by Gasteiger charge is 2.03. The predicted molar refractivity (Wildman–Crippen MR) is 82.7 cm³/mol. The maximum Gasteiger partial charge on any atom is 0.210 e. The molecular weight excluding hydrogens is 316 g/mol. The van der Waals surface area contributed by atoms with Crippen LogP contribution in [0, 0.1) is 11.8 Å². The van der Waals surface area contributed by atoms with Gasteiger partial charge in [0.1, 0.15) is 5.75 Å². The first-order valence-corrected chi connectivity index (χ1v) is 6.90. The smallest absolute Gasteiger partial charge is 0.210 e. The Morgan fingerprint density at radius 3 is 2.75 bits per heavy atom. The average molecular weight is 329 g/mol. The van der Waals surface area contributed by atoms with Crippen molar-refractivity contribution in [2.45, 2.75) is 6.42 Å². The number of carbonyl (C=O) groups excluding carboxylic acids is 1. The van der Waals surface area contributed by atoms with Gasteiger partial charge in [-0.15, -0.1) is 0 Å². The lowest BCUT2D eigenvalue weighted by molar-refractivity contribution is -0.113. The van der Waals surface area contributed by atoms with Crippen LogP contribution in [0.1, 0.15) is 11.1 Å². The largest absolute Gasteiger partial charge is 0.497 e. The number of methoxy groups -OCH3 is 1. The SMILES string of the molecule is COc1cccc(C#CC(=O)Cc2ccccc2Br)c1. The predicted octanol–water partition coefficient (Wildman–Crippen LogP) is 3.62. The van der Waals surface area contributed by atoms with Crippen LogP contribution < -0.4 is 4.74 Å². The molecular formula is C17H13BrO2. The molecule has 3 heteroatoms. The Morgan fingerprint density at radius 2 is 2.00 bits per heavy atom. The molecule has 20 heavy (non-hydrogen) atoms. The fourth-order valence-electron chi connectivity index (χ4n) is 1.70. The number of ketones is 1. The fourth-order valence-corrected chi connectivity index (χ4v) is 2.13. The van der Waals surface area contributed by atoms with Gasteiger partial charge in [0.05, 0.1) is 7.11 Å². The standard InChI is InChI=1S/C17H13BrO2/c1-20-16-7-4-5-13(11-16)9-10-15(19)12-14-6-2-3-8-17(14)18/h2-8,11H,12H2,1H3. The molecule has 0 N–H and O–H groups in total. The zero-order chi connectivity index (χ0) is 14.4. The van der Waals surface area contributed by atoms with Crippen LogP contribution in [0.25, 0.3) is 0 Å². The highest BCUT2D eigenvalue weighted by Crippen LogP contribution is 2.16. The third kappa shape index (κ3) is 3.97. The van der Waals surface area contributed by atoms with Crippen molar-refractivity contribution in [3.05, 3.63) is 64.1 Å². The van der Waals surface area contributed by atoms with E-state index in [1.54, 1.807) is 13.2 Å². The molecule has 0 aliphatic carbocycles. The lowest BCUT2D eigenvalue weighted by atomic mass is 10.1. The first-order chi connectivity index (χ1) is 9.69. The molecule has 0 aliphatic rings. The van der Waals surface area contributed by atoms with Gasteiger partial charge in [-0.2, -0.15) is 0 Å². The summed E-state index contributed by atoms with van der Waals surface area (Å²) < 4.78 is 6.04. The Morgan fingerprint density at radius 1 is 1.20 bits per heavy atom. The molecule has 0 aliphatic heterocycles. The third-order valence-electron chi connectivity index (χ3n) is 2.72. The van der Waals surface area contributed by atoms with E-state index in [9.17, 15) is 4.79 Å². The van der Waals surface area contributed by atoms with Crippen LogP contribution in [0.15, 0.2) is 53.0 Å². The summed E-state index contributed by atoms with van der Waals surface area (Å²) in [4.78, 5) is 11.9. The maximum absolute atomic E-state index is 11.9. The molecule has 2 aromatic carbocycles. The van der Waals surface area contributed by atoms with Gasteiger partial charge in [-0.3, -0.25) is 4.79 Å². The second-order valence-electron chi connectivity index (χ2n) is 4.17. The van der Waals surface area contributed by atoms with Gasteiger partial charge in [0.25, 0.3) is 0 Å². The minimum atomic E-state index is -0.111. The number of hydrogen-bond donors (Lipinski definition) is 0. The van der Waals surface area contributed by atoms with E-state index in [2.05, 4.69) is 27.8 Å². The van der Waals surface area contributed by atoms with E-state index in [1.165, 1.54) is 0 Å². The maximum atomic E-state index is 11.9. The van der Waals surface area contributed by atoms with Gasteiger partial charge >= 0.3 is 0 Å². The first kappa shape index (κ1) is 14.4. The lowest BCUT2D eigenvalue weighted by Gasteiger charge is -2.00. The van der Waals surface area contributed by atoms with Gasteiger partial charge in [0, 0.05) is 16.5 Å². The normalized spacial score (nSPS) is 9.50. The summed E-state index contributed by atoms with van der Waals surface area (Å²) in [6.07, 6.45) is 0.304. The molecule has 0 spiro atoms. The molecule has 2 aromatic rings. The highest BCUT2D eigenvalue weighted by molar-refractivity contribution is 9.10. The molecule has 0 heterocycles. The molecule has 0 atom stereocenters. The minimum absolute atomic E-state index is 0.111. The van der Waals surface area contributed by atoms with Crippen molar-refractivity contribution in [1.82, 2.24) is 0 Å². The van der Waals surface area contributed by atoms with E-state index in [1.807, 2.05) is 42.5 Å². The van der Waals surface area contributed by atoms with Crippen LogP contribution in [0.3, 0.4) is 0 Å². The van der Waals surface area contributed by atoms with Gasteiger partial charge in [0.2, 0.25) is 5.78 Å². The molecule has 0 fully saturated rings. The van der Waals surface area contributed by atoms with E-state index in [-0.39, 0.29) is 5.78 Å². The Labute approximate surface area is 126 Å². The lowest BCUT2D eigenvalue weighted by Crippen LogP contribution is -1.99. The molecule has 0 aromatic heterocycles. The van der Waals surface area contributed by atoms with Gasteiger partial charge in [-0.1, -0.05) is 46.1 Å². The van der Waals surface area contributed by atoms with Crippen molar-refractivity contribution in [1.29, 1.82) is 0 Å². The average Bonchev–Trinajstić information content (AvgIpc) is 2.48. The fraction of sp³-hybridized carbons (Fsp3) is 0.118. The van der Waals surface area contributed by atoms with Crippen molar-refractivity contribution in [3.8, 4) is 17.6 Å². The molecule has 0 saturated heterocycles. The van der Waals surface area contributed by atoms with Gasteiger partial charge in [-0.25, -0.2) is 0 Å². The minimum Gasteiger partial charge on any atom is -0.497 e.